The molecule has 0 aliphatic carbocycles. The fraction of sp³-hybridized carbons (Fsp3) is 0.353. The topological polar surface area (TPSA) is 62.7 Å². The van der Waals surface area contributed by atoms with Crippen LogP contribution in [0.15, 0.2) is 78.2 Å². The van der Waals surface area contributed by atoms with E-state index in [9.17, 15) is 9.90 Å². The Morgan fingerprint density at radius 1 is 1.00 bits per heavy atom. The number of carbonyl (C=O) groups is 1. The van der Waals surface area contributed by atoms with Gasteiger partial charge in [-0.3, -0.25) is 9.69 Å². The van der Waals surface area contributed by atoms with Crippen LogP contribution in [0.5, 0.6) is 5.75 Å². The number of ether oxygens (including phenoxy) is 1. The molecule has 5 nitrogen and oxygen atoms in total. The second-order valence-electron chi connectivity index (χ2n) is 10.7. The van der Waals surface area contributed by atoms with Gasteiger partial charge in [0.25, 0.3) is 0 Å². The normalized spacial score (nSPS) is 15.2. The lowest BCUT2D eigenvalue weighted by Crippen LogP contribution is -2.44. The average molecular weight is 555 g/mol. The summed E-state index contributed by atoms with van der Waals surface area (Å²) in [5.41, 5.74) is 6.80. The number of rotatable bonds is 12. The van der Waals surface area contributed by atoms with Crippen LogP contribution < -0.4 is 4.74 Å². The number of thiazole rings is 1. The maximum atomic E-state index is 12.0. The second kappa shape index (κ2) is 13.2. The Bertz CT molecular complexity index is 1390. The van der Waals surface area contributed by atoms with E-state index in [1.165, 1.54) is 36.8 Å². The molecule has 1 N–H and O–H groups in total. The molecular formula is C34H38N2O3S. The fourth-order valence-corrected chi connectivity index (χ4v) is 6.45. The molecule has 0 saturated carbocycles. The van der Waals surface area contributed by atoms with Crippen LogP contribution in [0.4, 0.5) is 0 Å². The molecule has 2 heterocycles. The third-order valence-corrected chi connectivity index (χ3v) is 8.64. The summed E-state index contributed by atoms with van der Waals surface area (Å²) in [7, 11) is 0. The molecule has 5 rings (SSSR count). The van der Waals surface area contributed by atoms with Crippen molar-refractivity contribution in [1.29, 1.82) is 0 Å². The summed E-state index contributed by atoms with van der Waals surface area (Å²) in [6.45, 7) is 6.17. The molecule has 0 amide bonds. The smallest absolute Gasteiger partial charge is 0.321 e. The standard InChI is InChI=1S/C34H38N2O3S/c1-3-7-25(8-4-2)26-15-17-30(18-16-26)39-22-24-11-13-27(14-12-24)31-23-40-33(35-31)21-36-20-29-10-6-5-9-28(29)19-32(36)34(37)38/h5-6,9-18,23,25,32H,3-4,7-8,19-22H2,1-2H3,(H,37,38). The molecule has 4 aromatic rings. The zero-order chi connectivity index (χ0) is 27.9. The summed E-state index contributed by atoms with van der Waals surface area (Å²) in [6.07, 6.45) is 5.40. The van der Waals surface area contributed by atoms with E-state index in [0.717, 1.165) is 33.1 Å². The molecule has 1 aliphatic rings. The molecule has 1 unspecified atom stereocenters. The quantitative estimate of drug-likeness (QED) is 0.192. The third kappa shape index (κ3) is 6.80. The van der Waals surface area contributed by atoms with Crippen LogP contribution in [-0.4, -0.2) is 27.0 Å². The van der Waals surface area contributed by atoms with E-state index in [-0.39, 0.29) is 0 Å². The van der Waals surface area contributed by atoms with E-state index in [1.807, 2.05) is 23.1 Å². The molecule has 40 heavy (non-hydrogen) atoms. The molecular weight excluding hydrogens is 516 g/mol. The van der Waals surface area contributed by atoms with Gasteiger partial charge in [-0.25, -0.2) is 4.98 Å². The van der Waals surface area contributed by atoms with Gasteiger partial charge in [-0.2, -0.15) is 0 Å². The van der Waals surface area contributed by atoms with Gasteiger partial charge in [-0.1, -0.05) is 87.4 Å². The number of fused-ring (bicyclic) bond motifs is 1. The van der Waals surface area contributed by atoms with Gasteiger partial charge in [0.15, 0.2) is 0 Å². The molecule has 0 saturated heterocycles. The lowest BCUT2D eigenvalue weighted by molar-refractivity contribution is -0.144. The van der Waals surface area contributed by atoms with Gasteiger partial charge >= 0.3 is 5.97 Å². The van der Waals surface area contributed by atoms with Crippen molar-refractivity contribution in [3.8, 4) is 17.0 Å². The van der Waals surface area contributed by atoms with Crippen molar-refractivity contribution in [3.05, 3.63) is 105 Å². The zero-order valence-corrected chi connectivity index (χ0v) is 24.2. The largest absolute Gasteiger partial charge is 0.489 e. The van der Waals surface area contributed by atoms with E-state index in [1.54, 1.807) is 11.3 Å². The molecule has 0 fully saturated rings. The highest BCUT2D eigenvalue weighted by atomic mass is 32.1. The maximum absolute atomic E-state index is 12.0. The van der Waals surface area contributed by atoms with Crippen LogP contribution in [0.2, 0.25) is 0 Å². The van der Waals surface area contributed by atoms with Crippen molar-refractivity contribution in [1.82, 2.24) is 9.88 Å². The van der Waals surface area contributed by atoms with Gasteiger partial charge < -0.3 is 9.84 Å². The summed E-state index contributed by atoms with van der Waals surface area (Å²) < 4.78 is 6.07. The fourth-order valence-electron chi connectivity index (χ4n) is 5.63. The second-order valence-corrected chi connectivity index (χ2v) is 11.6. The zero-order valence-electron chi connectivity index (χ0n) is 23.4. The highest BCUT2D eigenvalue weighted by molar-refractivity contribution is 7.09. The first-order valence-electron chi connectivity index (χ1n) is 14.3. The highest BCUT2D eigenvalue weighted by Crippen LogP contribution is 2.30. The minimum Gasteiger partial charge on any atom is -0.489 e. The average Bonchev–Trinajstić information content (AvgIpc) is 3.44. The monoisotopic (exact) mass is 554 g/mol. The minimum absolute atomic E-state index is 0.516. The van der Waals surface area contributed by atoms with Crippen LogP contribution in [-0.2, 0) is 30.9 Å². The lowest BCUT2D eigenvalue weighted by Gasteiger charge is -2.33. The first-order valence-corrected chi connectivity index (χ1v) is 15.2. The first-order chi connectivity index (χ1) is 19.5. The Morgan fingerprint density at radius 2 is 1.70 bits per heavy atom. The van der Waals surface area contributed by atoms with Crippen LogP contribution >= 0.6 is 11.3 Å². The Balaban J connectivity index is 1.18. The first kappa shape index (κ1) is 28.1. The molecule has 1 atom stereocenters. The molecule has 0 radical (unpaired) electrons. The Labute approximate surface area is 241 Å². The van der Waals surface area contributed by atoms with Gasteiger partial charge in [0.1, 0.15) is 23.4 Å². The molecule has 1 aliphatic heterocycles. The molecule has 208 valence electrons. The van der Waals surface area contributed by atoms with E-state index in [2.05, 4.69) is 73.8 Å². The number of hydrogen-bond donors (Lipinski definition) is 1. The Hall–Kier alpha value is -3.48. The number of hydrogen-bond acceptors (Lipinski definition) is 5. The van der Waals surface area contributed by atoms with Crippen LogP contribution in [0.25, 0.3) is 11.3 Å². The maximum Gasteiger partial charge on any atom is 0.321 e. The van der Waals surface area contributed by atoms with Crippen molar-refractivity contribution >= 4 is 17.3 Å². The predicted octanol–water partition coefficient (Wildman–Crippen LogP) is 8.08. The van der Waals surface area contributed by atoms with Gasteiger partial charge in [0, 0.05) is 17.5 Å². The SMILES string of the molecule is CCCC(CCC)c1ccc(OCc2ccc(-c3csc(CN4Cc5ccccc5CC4C(=O)O)n3)cc2)cc1. The van der Waals surface area contributed by atoms with Crippen molar-refractivity contribution in [3.63, 3.8) is 0 Å². The molecule has 0 bridgehead atoms. The van der Waals surface area contributed by atoms with Crippen LogP contribution in [0.3, 0.4) is 0 Å². The van der Waals surface area contributed by atoms with Crippen LogP contribution in [0.1, 0.15) is 72.7 Å². The third-order valence-electron chi connectivity index (χ3n) is 7.80. The number of benzene rings is 3. The summed E-state index contributed by atoms with van der Waals surface area (Å²) in [6, 6.07) is 24.5. The van der Waals surface area contributed by atoms with Crippen molar-refractivity contribution in [2.75, 3.05) is 0 Å². The Kier molecular flexibility index (Phi) is 9.30. The van der Waals surface area contributed by atoms with Gasteiger partial charge in [-0.05, 0) is 59.6 Å². The van der Waals surface area contributed by atoms with E-state index < -0.39 is 12.0 Å². The van der Waals surface area contributed by atoms with Crippen molar-refractivity contribution < 1.29 is 14.6 Å². The minimum atomic E-state index is -0.780. The van der Waals surface area contributed by atoms with E-state index in [4.69, 9.17) is 9.72 Å². The van der Waals surface area contributed by atoms with Crippen molar-refractivity contribution in [2.24, 2.45) is 0 Å². The summed E-state index contributed by atoms with van der Waals surface area (Å²) in [4.78, 5) is 18.9. The number of carboxylic acid groups (broad SMARTS) is 1. The molecule has 6 heteroatoms. The van der Waals surface area contributed by atoms with E-state index in [0.29, 0.717) is 32.0 Å². The number of nitrogens with zero attached hydrogens (tertiary/aromatic N) is 2. The number of carboxylic acids is 1. The van der Waals surface area contributed by atoms with Gasteiger partial charge in [0.05, 0.1) is 12.2 Å². The van der Waals surface area contributed by atoms with Crippen molar-refractivity contribution in [2.45, 2.75) is 77.6 Å². The summed E-state index contributed by atoms with van der Waals surface area (Å²) >= 11 is 1.58. The van der Waals surface area contributed by atoms with E-state index >= 15 is 0 Å². The van der Waals surface area contributed by atoms with Gasteiger partial charge in [0.2, 0.25) is 0 Å². The van der Waals surface area contributed by atoms with Gasteiger partial charge in [-0.15, -0.1) is 11.3 Å². The molecule has 0 spiro atoms. The van der Waals surface area contributed by atoms with Crippen LogP contribution in [0, 0.1) is 0 Å². The highest BCUT2D eigenvalue weighted by Gasteiger charge is 2.31. The molecule has 3 aromatic carbocycles. The Morgan fingerprint density at radius 3 is 2.38 bits per heavy atom. The molecule has 1 aromatic heterocycles. The predicted molar refractivity (Wildman–Crippen MR) is 162 cm³/mol. The lowest BCUT2D eigenvalue weighted by atomic mass is 9.90. The summed E-state index contributed by atoms with van der Waals surface area (Å²) in [5.74, 6) is 0.749. The number of aromatic nitrogens is 1. The summed E-state index contributed by atoms with van der Waals surface area (Å²) in [5, 5.41) is 12.8. The number of aliphatic carboxylic acids is 1.